The van der Waals surface area contributed by atoms with Crippen LogP contribution in [-0.2, 0) is 14.3 Å². The molecular weight excluding hydrogens is 641 g/mol. The van der Waals surface area contributed by atoms with Gasteiger partial charge in [-0.3, -0.25) is 9.59 Å². The lowest BCUT2D eigenvalue weighted by Gasteiger charge is -2.71. The molecule has 0 radical (unpaired) electrons. The van der Waals surface area contributed by atoms with Gasteiger partial charge in [0, 0.05) is 11.8 Å². The SMILES string of the molecule is CCCCCCCCCCCCCCCCCC(=O)O[C@H]1CC[C@]2(C)[C@H]3CC=C4[C@H]5CC(C)(C)CC[C@]5(C(=O)O)CC[C@@]4(C)[C@]3(C)CC[C@H]2C1(C)C. The van der Waals surface area contributed by atoms with E-state index in [0.717, 1.165) is 64.2 Å². The van der Waals surface area contributed by atoms with Crippen LogP contribution in [0.1, 0.15) is 222 Å². The molecule has 5 aliphatic carbocycles. The standard InChI is InChI=1S/C48H82O4/c1-9-10-11-12-13-14-15-16-17-18-19-20-21-22-23-24-41(49)52-40-28-29-45(6)38(44(40,4)5)27-30-47(8)39(45)26-25-36-37-35-43(2,3)31-33-48(37,42(50)51)34-32-46(36,47)7/h25,37-40H,9-24,26-35H2,1-8H3,(H,50,51)/t37-,38+,39-,40+,45+,46-,47-,48+/m1/s1. The zero-order chi connectivity index (χ0) is 37.8. The predicted octanol–water partition coefficient (Wildman–Crippen LogP) is 14.0. The molecule has 298 valence electrons. The molecule has 0 amide bonds. The fraction of sp³-hybridized carbons (Fsp3) is 0.917. The predicted molar refractivity (Wildman–Crippen MR) is 216 cm³/mol. The first-order valence-electron chi connectivity index (χ1n) is 22.7. The zero-order valence-electron chi connectivity index (χ0n) is 35.4. The molecule has 0 spiro atoms. The normalized spacial score (nSPS) is 37.5. The van der Waals surface area contributed by atoms with Crippen LogP contribution in [0, 0.1) is 50.2 Å². The maximum Gasteiger partial charge on any atom is 0.310 e. The third kappa shape index (κ3) is 8.13. The largest absolute Gasteiger partial charge is 0.481 e. The molecule has 5 rings (SSSR count). The highest BCUT2D eigenvalue weighted by molar-refractivity contribution is 5.76. The number of allylic oxidation sites excluding steroid dienone is 2. The summed E-state index contributed by atoms with van der Waals surface area (Å²) in [6.45, 7) is 19.5. The van der Waals surface area contributed by atoms with Crippen molar-refractivity contribution >= 4 is 11.9 Å². The molecule has 4 nitrogen and oxygen atoms in total. The van der Waals surface area contributed by atoms with E-state index in [1.54, 1.807) is 0 Å². The molecule has 0 unspecified atom stereocenters. The van der Waals surface area contributed by atoms with Crippen LogP contribution in [0.2, 0.25) is 0 Å². The van der Waals surface area contributed by atoms with Crippen molar-refractivity contribution in [1.82, 2.24) is 0 Å². The van der Waals surface area contributed by atoms with Crippen LogP contribution in [0.3, 0.4) is 0 Å². The van der Waals surface area contributed by atoms with E-state index in [-0.39, 0.29) is 45.1 Å². The van der Waals surface area contributed by atoms with Gasteiger partial charge in [-0.25, -0.2) is 0 Å². The van der Waals surface area contributed by atoms with Gasteiger partial charge < -0.3 is 9.84 Å². The fourth-order valence-electron chi connectivity index (χ4n) is 13.7. The number of carbonyl (C=O) groups excluding carboxylic acids is 1. The summed E-state index contributed by atoms with van der Waals surface area (Å²) in [5, 5.41) is 10.7. The summed E-state index contributed by atoms with van der Waals surface area (Å²) in [7, 11) is 0. The van der Waals surface area contributed by atoms with Gasteiger partial charge in [0.2, 0.25) is 0 Å². The average molecular weight is 723 g/mol. The van der Waals surface area contributed by atoms with Gasteiger partial charge in [-0.05, 0) is 110 Å². The molecule has 52 heavy (non-hydrogen) atoms. The number of fused-ring (bicyclic) bond motifs is 7. The van der Waals surface area contributed by atoms with Crippen LogP contribution in [-0.4, -0.2) is 23.1 Å². The lowest BCUT2D eigenvalue weighted by Crippen LogP contribution is -2.65. The molecule has 0 heterocycles. The number of carboxylic acids is 1. The number of hydrogen-bond acceptors (Lipinski definition) is 3. The first kappa shape index (κ1) is 41.8. The van der Waals surface area contributed by atoms with E-state index >= 15 is 0 Å². The summed E-state index contributed by atoms with van der Waals surface area (Å²) in [6, 6.07) is 0. The summed E-state index contributed by atoms with van der Waals surface area (Å²) < 4.78 is 6.39. The van der Waals surface area contributed by atoms with Crippen molar-refractivity contribution in [2.45, 2.75) is 228 Å². The second kappa shape index (κ2) is 16.8. The van der Waals surface area contributed by atoms with Crippen LogP contribution >= 0.6 is 0 Å². The van der Waals surface area contributed by atoms with Crippen molar-refractivity contribution in [3.8, 4) is 0 Å². The van der Waals surface area contributed by atoms with E-state index in [2.05, 4.69) is 61.5 Å². The minimum atomic E-state index is -0.582. The number of ether oxygens (including phenoxy) is 1. The maximum atomic E-state index is 13.2. The van der Waals surface area contributed by atoms with Crippen molar-refractivity contribution in [3.05, 3.63) is 11.6 Å². The third-order valence-corrected chi connectivity index (χ3v) is 17.3. The lowest BCUT2D eigenvalue weighted by molar-refractivity contribution is -0.214. The number of carbonyl (C=O) groups is 2. The maximum absolute atomic E-state index is 13.2. The van der Waals surface area contributed by atoms with E-state index in [9.17, 15) is 14.7 Å². The summed E-state index contributed by atoms with van der Waals surface area (Å²) in [5.41, 5.74) is 1.45. The number of unbranched alkanes of at least 4 members (excludes halogenated alkanes) is 14. The Morgan fingerprint density at radius 2 is 1.25 bits per heavy atom. The van der Waals surface area contributed by atoms with Crippen LogP contribution in [0.5, 0.6) is 0 Å². The second-order valence-corrected chi connectivity index (χ2v) is 21.2. The van der Waals surface area contributed by atoms with Crippen molar-refractivity contribution in [2.75, 3.05) is 0 Å². The highest BCUT2D eigenvalue weighted by Crippen LogP contribution is 2.75. The molecule has 0 aromatic rings. The summed E-state index contributed by atoms with van der Waals surface area (Å²) in [6.07, 6.45) is 33.3. The topological polar surface area (TPSA) is 63.6 Å². The van der Waals surface area contributed by atoms with Gasteiger partial charge in [-0.1, -0.05) is 157 Å². The van der Waals surface area contributed by atoms with Crippen molar-refractivity contribution in [1.29, 1.82) is 0 Å². The molecule has 0 saturated heterocycles. The number of esters is 1. The van der Waals surface area contributed by atoms with Gasteiger partial charge in [-0.15, -0.1) is 0 Å². The van der Waals surface area contributed by atoms with E-state index in [1.807, 2.05) is 0 Å². The highest BCUT2D eigenvalue weighted by atomic mass is 16.5. The molecular formula is C48H82O4. The Hall–Kier alpha value is -1.32. The van der Waals surface area contributed by atoms with Gasteiger partial charge in [-0.2, -0.15) is 0 Å². The molecule has 4 heteroatoms. The fourth-order valence-corrected chi connectivity index (χ4v) is 13.7. The molecule has 0 aromatic heterocycles. The van der Waals surface area contributed by atoms with Crippen LogP contribution < -0.4 is 0 Å². The Kier molecular flexibility index (Phi) is 13.5. The zero-order valence-corrected chi connectivity index (χ0v) is 35.4. The van der Waals surface area contributed by atoms with Crippen LogP contribution in [0.4, 0.5) is 0 Å². The first-order valence-corrected chi connectivity index (χ1v) is 22.7. The smallest absolute Gasteiger partial charge is 0.310 e. The molecule has 8 atom stereocenters. The first-order chi connectivity index (χ1) is 24.6. The molecule has 0 aliphatic heterocycles. The number of aliphatic carboxylic acids is 1. The van der Waals surface area contributed by atoms with Crippen molar-refractivity contribution in [3.63, 3.8) is 0 Å². The Labute approximate surface area is 320 Å². The van der Waals surface area contributed by atoms with E-state index in [1.165, 1.54) is 102 Å². The Morgan fingerprint density at radius 3 is 1.83 bits per heavy atom. The number of hydrogen-bond donors (Lipinski definition) is 1. The van der Waals surface area contributed by atoms with Crippen molar-refractivity contribution in [2.24, 2.45) is 50.2 Å². The Morgan fingerprint density at radius 1 is 0.692 bits per heavy atom. The summed E-state index contributed by atoms with van der Waals surface area (Å²) in [4.78, 5) is 26.2. The number of rotatable bonds is 18. The monoisotopic (exact) mass is 723 g/mol. The van der Waals surface area contributed by atoms with Crippen molar-refractivity contribution < 1.29 is 19.4 Å². The molecule has 5 aliphatic rings. The summed E-state index contributed by atoms with van der Waals surface area (Å²) >= 11 is 0. The van der Waals surface area contributed by atoms with E-state index in [4.69, 9.17) is 4.74 Å². The minimum absolute atomic E-state index is 0.000569. The van der Waals surface area contributed by atoms with Crippen LogP contribution in [0.15, 0.2) is 11.6 Å². The van der Waals surface area contributed by atoms with Crippen LogP contribution in [0.25, 0.3) is 0 Å². The highest BCUT2D eigenvalue weighted by Gasteiger charge is 2.69. The Bertz CT molecular complexity index is 1250. The quantitative estimate of drug-likeness (QED) is 0.0869. The van der Waals surface area contributed by atoms with Gasteiger partial charge >= 0.3 is 11.9 Å². The molecule has 4 fully saturated rings. The van der Waals surface area contributed by atoms with E-state index < -0.39 is 11.4 Å². The second-order valence-electron chi connectivity index (χ2n) is 21.2. The number of carboxylic acid groups (broad SMARTS) is 1. The lowest BCUT2D eigenvalue weighted by atomic mass is 9.33. The third-order valence-electron chi connectivity index (χ3n) is 17.3. The molecule has 0 aromatic carbocycles. The average Bonchev–Trinajstić information content (AvgIpc) is 3.07. The Balaban J connectivity index is 1.10. The molecule has 0 bridgehead atoms. The van der Waals surface area contributed by atoms with Gasteiger partial charge in [0.15, 0.2) is 0 Å². The van der Waals surface area contributed by atoms with Gasteiger partial charge in [0.05, 0.1) is 5.41 Å². The minimum Gasteiger partial charge on any atom is -0.481 e. The van der Waals surface area contributed by atoms with Gasteiger partial charge in [0.1, 0.15) is 6.10 Å². The summed E-state index contributed by atoms with van der Waals surface area (Å²) in [5.74, 6) is 0.719. The molecule has 1 N–H and O–H groups in total. The molecule has 4 saturated carbocycles. The van der Waals surface area contributed by atoms with Gasteiger partial charge in [0.25, 0.3) is 0 Å². The van der Waals surface area contributed by atoms with E-state index in [0.29, 0.717) is 18.3 Å².